The Kier molecular flexibility index (Phi) is 4.94. The molecule has 2 bridgehead atoms. The van der Waals surface area contributed by atoms with Gasteiger partial charge in [0.2, 0.25) is 0 Å². The molecule has 2 aliphatic heterocycles. The van der Waals surface area contributed by atoms with Crippen LogP contribution in [0.25, 0.3) is 0 Å². The molecule has 0 N–H and O–H groups in total. The summed E-state index contributed by atoms with van der Waals surface area (Å²) in [6, 6.07) is -0.276. The Labute approximate surface area is 137 Å². The summed E-state index contributed by atoms with van der Waals surface area (Å²) in [5.41, 5.74) is -0.579. The van der Waals surface area contributed by atoms with Crippen molar-refractivity contribution in [2.75, 3.05) is 12.9 Å². The monoisotopic (exact) mass is 347 g/mol. The number of carbonyl (C=O) groups excluding carboxylic acids is 2. The number of rotatable bonds is 3. The van der Waals surface area contributed by atoms with Crippen molar-refractivity contribution in [3.05, 3.63) is 0 Å². The maximum atomic E-state index is 12.3. The Bertz CT molecular complexity index is 565. The van der Waals surface area contributed by atoms with Gasteiger partial charge in [0.05, 0.1) is 12.4 Å². The first-order valence-corrected chi connectivity index (χ1v) is 9.55. The maximum absolute atomic E-state index is 12.3. The number of esters is 1. The standard InChI is InChI=1S/C15H25NO6S/c1-15(2,3)22-14(18)16-10-5-6-11(16)8-12(7-10)23(19,20)9-13(17)21-4/h10-12H,5-9H2,1-4H3/t10-,11+,12?. The SMILES string of the molecule is COC(=O)CS(=O)(=O)C1C[C@H]2CC[C@@H](C1)N2C(=O)OC(C)(C)C. The van der Waals surface area contributed by atoms with Crippen molar-refractivity contribution in [2.24, 2.45) is 0 Å². The van der Waals surface area contributed by atoms with E-state index >= 15 is 0 Å². The highest BCUT2D eigenvalue weighted by Gasteiger charge is 2.48. The molecule has 132 valence electrons. The lowest BCUT2D eigenvalue weighted by molar-refractivity contribution is -0.137. The van der Waals surface area contributed by atoms with E-state index in [2.05, 4.69) is 4.74 Å². The van der Waals surface area contributed by atoms with E-state index < -0.39 is 32.4 Å². The van der Waals surface area contributed by atoms with Gasteiger partial charge in [-0.1, -0.05) is 0 Å². The molecule has 1 unspecified atom stereocenters. The fourth-order valence-corrected chi connectivity index (χ4v) is 5.09. The van der Waals surface area contributed by atoms with E-state index in [0.717, 1.165) is 12.8 Å². The van der Waals surface area contributed by atoms with Gasteiger partial charge >= 0.3 is 12.1 Å². The van der Waals surface area contributed by atoms with Crippen molar-refractivity contribution < 1.29 is 27.5 Å². The molecular weight excluding hydrogens is 322 g/mol. The molecule has 0 aromatic rings. The van der Waals surface area contributed by atoms with Crippen LogP contribution in [0.4, 0.5) is 4.79 Å². The number of ether oxygens (including phenoxy) is 2. The van der Waals surface area contributed by atoms with E-state index in [1.54, 1.807) is 25.7 Å². The van der Waals surface area contributed by atoms with Crippen LogP contribution in [0.5, 0.6) is 0 Å². The first-order valence-electron chi connectivity index (χ1n) is 7.83. The summed E-state index contributed by atoms with van der Waals surface area (Å²) in [6.07, 6.45) is 1.88. The Morgan fingerprint density at radius 3 is 2.09 bits per heavy atom. The van der Waals surface area contributed by atoms with E-state index in [1.165, 1.54) is 7.11 Å². The lowest BCUT2D eigenvalue weighted by Crippen LogP contribution is -2.51. The first-order chi connectivity index (χ1) is 10.5. The molecule has 8 heteroatoms. The predicted octanol–water partition coefficient (Wildman–Crippen LogP) is 1.50. The molecule has 0 radical (unpaired) electrons. The number of hydrogen-bond acceptors (Lipinski definition) is 6. The van der Waals surface area contributed by atoms with E-state index in [-0.39, 0.29) is 18.2 Å². The lowest BCUT2D eigenvalue weighted by atomic mass is 10.0. The normalized spacial score (nSPS) is 27.7. The molecule has 2 rings (SSSR count). The molecule has 7 nitrogen and oxygen atoms in total. The fraction of sp³-hybridized carbons (Fsp3) is 0.867. The number of carbonyl (C=O) groups is 2. The third kappa shape index (κ3) is 4.16. The number of nitrogens with zero attached hydrogens (tertiary/aromatic N) is 1. The van der Waals surface area contributed by atoms with Crippen LogP contribution in [0.2, 0.25) is 0 Å². The summed E-state index contributed by atoms with van der Waals surface area (Å²) in [5, 5.41) is -0.599. The fourth-order valence-electron chi connectivity index (χ4n) is 3.37. The Morgan fingerprint density at radius 1 is 1.13 bits per heavy atom. The van der Waals surface area contributed by atoms with Crippen molar-refractivity contribution in [3.8, 4) is 0 Å². The van der Waals surface area contributed by atoms with Crippen LogP contribution in [-0.2, 0) is 24.1 Å². The van der Waals surface area contributed by atoms with Crippen LogP contribution in [0.1, 0.15) is 46.5 Å². The molecule has 0 aromatic heterocycles. The van der Waals surface area contributed by atoms with Crippen LogP contribution in [0, 0.1) is 0 Å². The van der Waals surface area contributed by atoms with E-state index in [4.69, 9.17) is 4.74 Å². The van der Waals surface area contributed by atoms with Crippen molar-refractivity contribution in [2.45, 2.75) is 69.4 Å². The van der Waals surface area contributed by atoms with E-state index in [1.807, 2.05) is 0 Å². The Hall–Kier alpha value is -1.31. The minimum absolute atomic E-state index is 0.138. The molecule has 2 heterocycles. The van der Waals surface area contributed by atoms with Gasteiger partial charge in [0.1, 0.15) is 11.4 Å². The quantitative estimate of drug-likeness (QED) is 0.719. The number of amides is 1. The summed E-state index contributed by atoms with van der Waals surface area (Å²) in [6.45, 7) is 5.42. The van der Waals surface area contributed by atoms with E-state index in [0.29, 0.717) is 12.8 Å². The summed E-state index contributed by atoms with van der Waals surface area (Å²) in [7, 11) is -2.38. The van der Waals surface area contributed by atoms with Crippen LogP contribution in [0.15, 0.2) is 0 Å². The molecule has 1 amide bonds. The molecule has 0 spiro atoms. The third-order valence-electron chi connectivity index (χ3n) is 4.35. The number of methoxy groups -OCH3 is 1. The molecule has 2 fully saturated rings. The summed E-state index contributed by atoms with van der Waals surface area (Å²) >= 11 is 0. The molecule has 3 atom stereocenters. The number of piperidine rings is 1. The first kappa shape index (κ1) is 18.0. The Balaban J connectivity index is 2.07. The highest BCUT2D eigenvalue weighted by molar-refractivity contribution is 7.92. The molecule has 0 aromatic carbocycles. The van der Waals surface area contributed by atoms with Crippen LogP contribution >= 0.6 is 0 Å². The molecule has 0 aliphatic carbocycles. The zero-order chi connectivity index (χ0) is 17.4. The molecule has 2 aliphatic rings. The highest BCUT2D eigenvalue weighted by Crippen LogP contribution is 2.39. The van der Waals surface area contributed by atoms with Crippen molar-refractivity contribution in [3.63, 3.8) is 0 Å². The summed E-state index contributed by atoms with van der Waals surface area (Å²) < 4.78 is 34.6. The highest BCUT2D eigenvalue weighted by atomic mass is 32.2. The van der Waals surface area contributed by atoms with E-state index in [9.17, 15) is 18.0 Å². The minimum atomic E-state index is -3.56. The van der Waals surface area contributed by atoms with Gasteiger partial charge in [-0.15, -0.1) is 0 Å². The smallest absolute Gasteiger partial charge is 0.410 e. The Morgan fingerprint density at radius 2 is 1.65 bits per heavy atom. The van der Waals surface area contributed by atoms with Crippen molar-refractivity contribution in [1.82, 2.24) is 4.90 Å². The number of fused-ring (bicyclic) bond motifs is 2. The molecule has 23 heavy (non-hydrogen) atoms. The minimum Gasteiger partial charge on any atom is -0.468 e. The van der Waals surface area contributed by atoms with Gasteiger partial charge in [0, 0.05) is 12.1 Å². The van der Waals surface area contributed by atoms with Gasteiger partial charge in [0.15, 0.2) is 9.84 Å². The molecule has 0 saturated carbocycles. The average molecular weight is 347 g/mol. The zero-order valence-electron chi connectivity index (χ0n) is 14.1. The third-order valence-corrected chi connectivity index (χ3v) is 6.39. The predicted molar refractivity (Wildman–Crippen MR) is 83.7 cm³/mol. The second-order valence-electron chi connectivity index (χ2n) is 7.25. The van der Waals surface area contributed by atoms with Crippen LogP contribution < -0.4 is 0 Å². The second kappa shape index (κ2) is 6.30. The van der Waals surface area contributed by atoms with Gasteiger partial charge < -0.3 is 14.4 Å². The van der Waals surface area contributed by atoms with Crippen molar-refractivity contribution in [1.29, 1.82) is 0 Å². The summed E-state index contributed by atoms with van der Waals surface area (Å²) in [4.78, 5) is 25.3. The zero-order valence-corrected chi connectivity index (χ0v) is 14.9. The largest absolute Gasteiger partial charge is 0.468 e. The van der Waals surface area contributed by atoms with Gasteiger partial charge in [-0.3, -0.25) is 4.79 Å². The molecule has 2 saturated heterocycles. The van der Waals surface area contributed by atoms with Crippen molar-refractivity contribution >= 4 is 21.9 Å². The van der Waals surface area contributed by atoms with Gasteiger partial charge in [-0.25, -0.2) is 13.2 Å². The number of sulfone groups is 1. The lowest BCUT2D eigenvalue weighted by Gasteiger charge is -2.39. The summed E-state index contributed by atoms with van der Waals surface area (Å²) in [5.74, 6) is -1.34. The van der Waals surface area contributed by atoms with Gasteiger partial charge in [0.25, 0.3) is 0 Å². The van der Waals surface area contributed by atoms with Crippen LogP contribution in [0.3, 0.4) is 0 Å². The topological polar surface area (TPSA) is 90.0 Å². The number of hydrogen-bond donors (Lipinski definition) is 0. The molecular formula is C15H25NO6S. The average Bonchev–Trinajstić information content (AvgIpc) is 2.66. The van der Waals surface area contributed by atoms with Crippen LogP contribution in [-0.4, -0.2) is 61.2 Å². The second-order valence-corrected chi connectivity index (χ2v) is 9.53. The van der Waals surface area contributed by atoms with Gasteiger partial charge in [-0.05, 0) is 46.5 Å². The van der Waals surface area contributed by atoms with Gasteiger partial charge in [-0.2, -0.15) is 0 Å². The maximum Gasteiger partial charge on any atom is 0.410 e.